The van der Waals surface area contributed by atoms with E-state index in [9.17, 15) is 4.79 Å². The molecular formula is C11H14N2O2. The average molecular weight is 206 g/mol. The molecule has 0 radical (unpaired) electrons. The quantitative estimate of drug-likeness (QED) is 0.634. The number of nitrogens with two attached hydrogens (primary N) is 1. The summed E-state index contributed by atoms with van der Waals surface area (Å²) < 4.78 is 5.50. The van der Waals surface area contributed by atoms with Crippen LogP contribution < -0.4 is 15.8 Å². The number of rotatable bonds is 0. The molecule has 0 aromatic heterocycles. The van der Waals surface area contributed by atoms with E-state index in [0.717, 1.165) is 11.1 Å². The number of fused-ring (bicyclic) bond motifs is 1. The maximum atomic E-state index is 11.4. The van der Waals surface area contributed by atoms with E-state index in [0.29, 0.717) is 30.2 Å². The van der Waals surface area contributed by atoms with Gasteiger partial charge in [0.1, 0.15) is 5.75 Å². The van der Waals surface area contributed by atoms with Crippen molar-refractivity contribution >= 4 is 17.3 Å². The molecule has 0 saturated heterocycles. The van der Waals surface area contributed by atoms with Crippen LogP contribution in [-0.2, 0) is 4.79 Å². The minimum Gasteiger partial charge on any atom is -0.491 e. The van der Waals surface area contributed by atoms with Crippen LogP contribution >= 0.6 is 0 Å². The van der Waals surface area contributed by atoms with Crippen LogP contribution in [0.15, 0.2) is 6.07 Å². The van der Waals surface area contributed by atoms with E-state index < -0.39 is 0 Å². The lowest BCUT2D eigenvalue weighted by Crippen LogP contribution is -2.11. The van der Waals surface area contributed by atoms with E-state index >= 15 is 0 Å². The van der Waals surface area contributed by atoms with Crippen molar-refractivity contribution in [3.63, 3.8) is 0 Å². The summed E-state index contributed by atoms with van der Waals surface area (Å²) in [6.07, 6.45) is 0.382. The van der Waals surface area contributed by atoms with E-state index in [4.69, 9.17) is 10.5 Å². The fourth-order valence-corrected chi connectivity index (χ4v) is 1.69. The Kier molecular flexibility index (Phi) is 2.26. The first-order valence-corrected chi connectivity index (χ1v) is 4.92. The van der Waals surface area contributed by atoms with Gasteiger partial charge in [0.25, 0.3) is 0 Å². The van der Waals surface area contributed by atoms with Crippen LogP contribution in [0.4, 0.5) is 11.4 Å². The van der Waals surface area contributed by atoms with Crippen molar-refractivity contribution in [3.05, 3.63) is 17.2 Å². The second kappa shape index (κ2) is 3.46. The molecular weight excluding hydrogens is 192 g/mol. The molecule has 3 N–H and O–H groups in total. The number of aryl methyl sites for hydroxylation is 1. The summed E-state index contributed by atoms with van der Waals surface area (Å²) in [5, 5.41) is 2.81. The van der Waals surface area contributed by atoms with Gasteiger partial charge in [0.2, 0.25) is 5.91 Å². The third-order valence-corrected chi connectivity index (χ3v) is 2.65. The molecule has 1 heterocycles. The highest BCUT2D eigenvalue weighted by Crippen LogP contribution is 2.36. The van der Waals surface area contributed by atoms with Crippen LogP contribution in [0.2, 0.25) is 0 Å². The third-order valence-electron chi connectivity index (χ3n) is 2.65. The molecule has 0 saturated carbocycles. The highest BCUT2D eigenvalue weighted by Gasteiger charge is 2.18. The van der Waals surface area contributed by atoms with E-state index in [-0.39, 0.29) is 5.91 Å². The zero-order valence-corrected chi connectivity index (χ0v) is 8.89. The first kappa shape index (κ1) is 9.83. The second-order valence-electron chi connectivity index (χ2n) is 3.75. The molecule has 4 heteroatoms. The summed E-state index contributed by atoms with van der Waals surface area (Å²) in [7, 11) is 0. The number of nitrogens with one attached hydrogen (secondary N) is 1. The second-order valence-corrected chi connectivity index (χ2v) is 3.75. The maximum absolute atomic E-state index is 11.4. The van der Waals surface area contributed by atoms with Gasteiger partial charge in [-0.25, -0.2) is 0 Å². The highest BCUT2D eigenvalue weighted by atomic mass is 16.5. The molecule has 1 aliphatic rings. The lowest BCUT2D eigenvalue weighted by atomic mass is 10.1. The van der Waals surface area contributed by atoms with Crippen LogP contribution in [0.25, 0.3) is 0 Å². The standard InChI is InChI=1S/C11H14N2O2/c1-6-5-8-11(7(2)10(6)12)13-9(14)3-4-15-8/h5H,3-4,12H2,1-2H3,(H,13,14). The zero-order valence-electron chi connectivity index (χ0n) is 8.89. The van der Waals surface area contributed by atoms with Gasteiger partial charge in [-0.3, -0.25) is 4.79 Å². The Bertz CT molecular complexity index is 427. The smallest absolute Gasteiger partial charge is 0.227 e. The summed E-state index contributed by atoms with van der Waals surface area (Å²) in [6.45, 7) is 4.23. The predicted molar refractivity (Wildman–Crippen MR) is 59.1 cm³/mol. The van der Waals surface area contributed by atoms with E-state index in [2.05, 4.69) is 5.32 Å². The van der Waals surface area contributed by atoms with Crippen molar-refractivity contribution in [1.29, 1.82) is 0 Å². The van der Waals surface area contributed by atoms with Crippen molar-refractivity contribution in [2.24, 2.45) is 0 Å². The molecule has 0 aliphatic carbocycles. The number of carbonyl (C=O) groups excluding carboxylic acids is 1. The molecule has 1 aliphatic heterocycles. The molecule has 80 valence electrons. The molecule has 0 unspecified atom stereocenters. The van der Waals surface area contributed by atoms with Gasteiger partial charge in [0.15, 0.2) is 0 Å². The van der Waals surface area contributed by atoms with Gasteiger partial charge in [0, 0.05) is 5.69 Å². The summed E-state index contributed by atoms with van der Waals surface area (Å²) in [5.41, 5.74) is 9.16. The largest absolute Gasteiger partial charge is 0.491 e. The lowest BCUT2D eigenvalue weighted by molar-refractivity contribution is -0.116. The number of hydrogen-bond acceptors (Lipinski definition) is 3. The maximum Gasteiger partial charge on any atom is 0.227 e. The fourth-order valence-electron chi connectivity index (χ4n) is 1.69. The molecule has 1 aromatic rings. The van der Waals surface area contributed by atoms with Crippen molar-refractivity contribution in [1.82, 2.24) is 0 Å². The summed E-state index contributed by atoms with van der Waals surface area (Å²) in [4.78, 5) is 11.4. The van der Waals surface area contributed by atoms with E-state index in [1.165, 1.54) is 0 Å². The number of hydrogen-bond donors (Lipinski definition) is 2. The number of carbonyl (C=O) groups is 1. The Labute approximate surface area is 88.4 Å². The Balaban J connectivity index is 2.58. The van der Waals surface area contributed by atoms with Crippen molar-refractivity contribution < 1.29 is 9.53 Å². The number of benzene rings is 1. The first-order valence-electron chi connectivity index (χ1n) is 4.92. The van der Waals surface area contributed by atoms with Crippen molar-refractivity contribution in [2.75, 3.05) is 17.7 Å². The minimum atomic E-state index is -0.0277. The summed E-state index contributed by atoms with van der Waals surface area (Å²) in [6, 6.07) is 1.86. The zero-order chi connectivity index (χ0) is 11.0. The molecule has 1 aromatic carbocycles. The topological polar surface area (TPSA) is 64.3 Å². The SMILES string of the molecule is Cc1cc2c(c(C)c1N)NC(=O)CCO2. The van der Waals surface area contributed by atoms with Crippen LogP contribution in [0, 0.1) is 13.8 Å². The van der Waals surface area contributed by atoms with Crippen LogP contribution in [0.3, 0.4) is 0 Å². The summed E-state index contributed by atoms with van der Waals surface area (Å²) in [5.74, 6) is 0.685. The average Bonchev–Trinajstić information content (AvgIpc) is 2.37. The number of anilines is 2. The van der Waals surface area contributed by atoms with E-state index in [1.807, 2.05) is 19.9 Å². The molecule has 0 fully saturated rings. The molecule has 4 nitrogen and oxygen atoms in total. The van der Waals surface area contributed by atoms with Gasteiger partial charge in [0.05, 0.1) is 18.7 Å². The molecule has 1 amide bonds. The monoisotopic (exact) mass is 206 g/mol. The number of ether oxygens (including phenoxy) is 1. The van der Waals surface area contributed by atoms with Gasteiger partial charge in [-0.05, 0) is 31.0 Å². The first-order chi connectivity index (χ1) is 7.09. The number of amides is 1. The Morgan fingerprint density at radius 1 is 1.47 bits per heavy atom. The Morgan fingerprint density at radius 3 is 2.93 bits per heavy atom. The molecule has 2 rings (SSSR count). The van der Waals surface area contributed by atoms with Crippen molar-refractivity contribution in [3.8, 4) is 5.75 Å². The van der Waals surface area contributed by atoms with Crippen LogP contribution in [0.5, 0.6) is 5.75 Å². The van der Waals surface area contributed by atoms with Crippen LogP contribution in [0.1, 0.15) is 17.5 Å². The van der Waals surface area contributed by atoms with Gasteiger partial charge in [-0.15, -0.1) is 0 Å². The van der Waals surface area contributed by atoms with Gasteiger partial charge in [-0.1, -0.05) is 0 Å². The molecule has 0 spiro atoms. The Morgan fingerprint density at radius 2 is 2.20 bits per heavy atom. The number of nitrogen functional groups attached to an aromatic ring is 1. The van der Waals surface area contributed by atoms with Gasteiger partial charge >= 0.3 is 0 Å². The van der Waals surface area contributed by atoms with Gasteiger partial charge < -0.3 is 15.8 Å². The third kappa shape index (κ3) is 1.63. The predicted octanol–water partition coefficient (Wildman–Crippen LogP) is 1.61. The fraction of sp³-hybridized carbons (Fsp3) is 0.364. The van der Waals surface area contributed by atoms with Gasteiger partial charge in [-0.2, -0.15) is 0 Å². The molecule has 0 atom stereocenters. The normalized spacial score (nSPS) is 14.9. The minimum absolute atomic E-state index is 0.0277. The van der Waals surface area contributed by atoms with E-state index in [1.54, 1.807) is 0 Å². The molecule has 15 heavy (non-hydrogen) atoms. The Hall–Kier alpha value is -1.71. The highest BCUT2D eigenvalue weighted by molar-refractivity contribution is 5.95. The van der Waals surface area contributed by atoms with Crippen LogP contribution in [-0.4, -0.2) is 12.5 Å². The summed E-state index contributed by atoms with van der Waals surface area (Å²) >= 11 is 0. The van der Waals surface area contributed by atoms with Crippen molar-refractivity contribution in [2.45, 2.75) is 20.3 Å². The lowest BCUT2D eigenvalue weighted by Gasteiger charge is -2.14. The molecule has 0 bridgehead atoms.